The Balaban J connectivity index is 1.32. The van der Waals surface area contributed by atoms with E-state index in [2.05, 4.69) is 32.7 Å². The number of aromatic amines is 1. The molecule has 7 heteroatoms. The molecule has 2 N–H and O–H groups in total. The van der Waals surface area contributed by atoms with Gasteiger partial charge >= 0.3 is 6.09 Å². The van der Waals surface area contributed by atoms with Gasteiger partial charge < -0.3 is 10.1 Å². The van der Waals surface area contributed by atoms with Crippen molar-refractivity contribution in [1.29, 1.82) is 0 Å². The van der Waals surface area contributed by atoms with Crippen molar-refractivity contribution in [2.45, 2.75) is 44.6 Å². The molecule has 0 unspecified atom stereocenters. The molecule has 34 heavy (non-hydrogen) atoms. The number of H-pyrrole nitrogens is 1. The molecular formula is C27H29FN4O2. The second-order valence-corrected chi connectivity index (χ2v) is 9.18. The van der Waals surface area contributed by atoms with E-state index in [0.717, 1.165) is 42.5 Å². The lowest BCUT2D eigenvalue weighted by Crippen LogP contribution is -2.44. The number of hydrogen-bond acceptors (Lipinski definition) is 4. The molecule has 2 aromatic heterocycles. The number of amides is 1. The summed E-state index contributed by atoms with van der Waals surface area (Å²) in [7, 11) is 0. The lowest BCUT2D eigenvalue weighted by atomic mass is 9.64. The Morgan fingerprint density at radius 3 is 2.94 bits per heavy atom. The van der Waals surface area contributed by atoms with E-state index in [-0.39, 0.29) is 23.9 Å². The van der Waals surface area contributed by atoms with E-state index in [9.17, 15) is 9.18 Å². The first-order valence-corrected chi connectivity index (χ1v) is 12.0. The van der Waals surface area contributed by atoms with Gasteiger partial charge in [0.25, 0.3) is 0 Å². The van der Waals surface area contributed by atoms with E-state index in [1.165, 1.54) is 23.4 Å². The van der Waals surface area contributed by atoms with E-state index >= 15 is 0 Å². The highest BCUT2D eigenvalue weighted by Crippen LogP contribution is 2.47. The van der Waals surface area contributed by atoms with Gasteiger partial charge in [0, 0.05) is 29.4 Å². The van der Waals surface area contributed by atoms with E-state index in [1.54, 1.807) is 12.3 Å². The quantitative estimate of drug-likeness (QED) is 0.527. The van der Waals surface area contributed by atoms with Gasteiger partial charge in [-0.1, -0.05) is 24.3 Å². The molecule has 176 valence electrons. The third-order valence-corrected chi connectivity index (χ3v) is 7.09. The predicted octanol–water partition coefficient (Wildman–Crippen LogP) is 5.49. The van der Waals surface area contributed by atoms with Crippen LogP contribution in [0.3, 0.4) is 0 Å². The maximum atomic E-state index is 13.5. The zero-order valence-electron chi connectivity index (χ0n) is 19.2. The Hall–Kier alpha value is -3.48. The molecule has 6 nitrogen and oxygen atoms in total. The summed E-state index contributed by atoms with van der Waals surface area (Å²) in [6.45, 7) is 2.20. The molecule has 1 fully saturated rings. The van der Waals surface area contributed by atoms with E-state index < -0.39 is 0 Å². The van der Waals surface area contributed by atoms with Crippen molar-refractivity contribution in [3.05, 3.63) is 77.6 Å². The summed E-state index contributed by atoms with van der Waals surface area (Å²) in [5.74, 6) is 0.931. The molecule has 0 aliphatic heterocycles. The number of nitrogens with one attached hydrogen (secondary N) is 2. The molecule has 3 aromatic rings. The number of carbonyl (C=O) groups excluding carboxylic acids is 1. The van der Waals surface area contributed by atoms with Gasteiger partial charge in [0.2, 0.25) is 0 Å². The lowest BCUT2D eigenvalue weighted by Gasteiger charge is -2.42. The molecule has 1 aromatic carbocycles. The Labute approximate surface area is 198 Å². The van der Waals surface area contributed by atoms with Gasteiger partial charge in [-0.2, -0.15) is 5.10 Å². The topological polar surface area (TPSA) is 79.9 Å². The van der Waals surface area contributed by atoms with Crippen LogP contribution in [-0.2, 0) is 11.2 Å². The highest BCUT2D eigenvalue weighted by molar-refractivity contribution is 5.67. The zero-order chi connectivity index (χ0) is 23.5. The number of nitrogens with zero attached hydrogens (tertiary/aromatic N) is 2. The standard InChI is InChI=1S/C27H29FN4O2/c1-2-34-27(33)31-23-9-10-24-19(14-23)12-20-16-30-32-26(20)25(24)11-8-22-7-6-18(15-29-22)17-4-3-5-21(28)13-17/h3-8,11,13,15-16,19,23-25H,2,9-10,12,14H2,1H3,(H,30,32)(H,31,33)/b11-8+/t19-,23+,24-,25+/m1/s1. The molecule has 5 rings (SSSR count). The first-order chi connectivity index (χ1) is 16.6. The molecule has 4 atom stereocenters. The summed E-state index contributed by atoms with van der Waals surface area (Å²) >= 11 is 0. The summed E-state index contributed by atoms with van der Waals surface area (Å²) in [5.41, 5.74) is 5.00. The molecule has 0 bridgehead atoms. The number of aromatic nitrogens is 3. The number of halogens is 1. The van der Waals surface area contributed by atoms with Crippen LogP contribution in [0.4, 0.5) is 9.18 Å². The van der Waals surface area contributed by atoms with Crippen molar-refractivity contribution in [1.82, 2.24) is 20.5 Å². The van der Waals surface area contributed by atoms with Crippen LogP contribution in [0.15, 0.2) is 54.9 Å². The number of rotatable bonds is 5. The molecule has 2 aliphatic rings. The van der Waals surface area contributed by atoms with Crippen molar-refractivity contribution in [3.63, 3.8) is 0 Å². The first kappa shape index (κ1) is 22.3. The van der Waals surface area contributed by atoms with Crippen molar-refractivity contribution in [2.75, 3.05) is 6.61 Å². The summed E-state index contributed by atoms with van der Waals surface area (Å²) < 4.78 is 18.6. The number of hydrogen-bond donors (Lipinski definition) is 2. The summed E-state index contributed by atoms with van der Waals surface area (Å²) in [5, 5.41) is 10.6. The highest BCUT2D eigenvalue weighted by Gasteiger charge is 2.40. The smallest absolute Gasteiger partial charge is 0.407 e. The second kappa shape index (κ2) is 9.79. The number of carbonyl (C=O) groups is 1. The fourth-order valence-corrected chi connectivity index (χ4v) is 5.52. The minimum Gasteiger partial charge on any atom is -0.450 e. The van der Waals surface area contributed by atoms with Crippen LogP contribution in [0.1, 0.15) is 49.1 Å². The Morgan fingerprint density at radius 1 is 1.24 bits per heavy atom. The molecule has 0 saturated heterocycles. The Morgan fingerprint density at radius 2 is 2.15 bits per heavy atom. The number of benzene rings is 1. The van der Waals surface area contributed by atoms with Gasteiger partial charge in [0.1, 0.15) is 5.82 Å². The van der Waals surface area contributed by atoms with E-state index in [1.807, 2.05) is 31.3 Å². The number of alkyl carbamates (subject to hydrolysis) is 1. The van der Waals surface area contributed by atoms with Crippen molar-refractivity contribution in [3.8, 4) is 11.1 Å². The van der Waals surface area contributed by atoms with Crippen LogP contribution >= 0.6 is 0 Å². The van der Waals surface area contributed by atoms with Crippen LogP contribution in [0.5, 0.6) is 0 Å². The average molecular weight is 461 g/mol. The van der Waals surface area contributed by atoms with E-state index in [0.29, 0.717) is 18.4 Å². The van der Waals surface area contributed by atoms with E-state index in [4.69, 9.17) is 4.74 Å². The Kier molecular flexibility index (Phi) is 6.43. The first-order valence-electron chi connectivity index (χ1n) is 12.0. The Bertz CT molecular complexity index is 1170. The largest absolute Gasteiger partial charge is 0.450 e. The second-order valence-electron chi connectivity index (χ2n) is 9.18. The zero-order valence-corrected chi connectivity index (χ0v) is 19.2. The van der Waals surface area contributed by atoms with Crippen LogP contribution in [0, 0.1) is 17.7 Å². The number of fused-ring (bicyclic) bond motifs is 2. The molecule has 0 radical (unpaired) electrons. The summed E-state index contributed by atoms with van der Waals surface area (Å²) in [6.07, 6.45) is 11.6. The van der Waals surface area contributed by atoms with Crippen LogP contribution in [-0.4, -0.2) is 33.9 Å². The highest BCUT2D eigenvalue weighted by atomic mass is 19.1. The number of pyridine rings is 1. The average Bonchev–Trinajstić information content (AvgIpc) is 3.30. The third kappa shape index (κ3) is 4.74. The van der Waals surface area contributed by atoms with Gasteiger partial charge in [-0.25, -0.2) is 9.18 Å². The van der Waals surface area contributed by atoms with Gasteiger partial charge in [0.05, 0.1) is 18.5 Å². The van der Waals surface area contributed by atoms with Gasteiger partial charge in [-0.15, -0.1) is 0 Å². The van der Waals surface area contributed by atoms with Gasteiger partial charge in [-0.05, 0) is 79.8 Å². The van der Waals surface area contributed by atoms with Crippen LogP contribution in [0.2, 0.25) is 0 Å². The van der Waals surface area contributed by atoms with Crippen molar-refractivity contribution < 1.29 is 13.9 Å². The summed E-state index contributed by atoms with van der Waals surface area (Å²) in [6, 6.07) is 10.6. The molecule has 0 spiro atoms. The number of allylic oxidation sites excluding steroid dienone is 1. The fraction of sp³-hybridized carbons (Fsp3) is 0.370. The predicted molar refractivity (Wildman–Crippen MR) is 128 cm³/mol. The third-order valence-electron chi connectivity index (χ3n) is 7.09. The fourth-order valence-electron chi connectivity index (χ4n) is 5.52. The maximum Gasteiger partial charge on any atom is 0.407 e. The van der Waals surface area contributed by atoms with Crippen molar-refractivity contribution >= 4 is 12.2 Å². The van der Waals surface area contributed by atoms with Crippen LogP contribution < -0.4 is 5.32 Å². The van der Waals surface area contributed by atoms with Gasteiger partial charge in [0.15, 0.2) is 0 Å². The van der Waals surface area contributed by atoms with Crippen LogP contribution in [0.25, 0.3) is 17.2 Å². The SMILES string of the molecule is CCOC(=O)N[C@H]1CC[C@@H]2[C@H](Cc3cn[nH]c3[C@H]2/C=C/c2ccc(-c3cccc(F)c3)cn2)C1. The molecule has 1 saturated carbocycles. The molecular weight excluding hydrogens is 431 g/mol. The minimum absolute atomic E-state index is 0.149. The monoisotopic (exact) mass is 460 g/mol. The maximum absolute atomic E-state index is 13.5. The molecule has 2 heterocycles. The summed E-state index contributed by atoms with van der Waals surface area (Å²) in [4.78, 5) is 16.5. The normalized spacial score (nSPS) is 23.8. The lowest BCUT2D eigenvalue weighted by molar-refractivity contribution is 0.129. The van der Waals surface area contributed by atoms with Gasteiger partial charge in [-0.3, -0.25) is 10.1 Å². The molecule has 1 amide bonds. The molecule has 2 aliphatic carbocycles. The number of ether oxygens (including phenoxy) is 1. The van der Waals surface area contributed by atoms with Crippen molar-refractivity contribution in [2.24, 2.45) is 11.8 Å². The minimum atomic E-state index is -0.324.